The van der Waals surface area contributed by atoms with E-state index >= 15 is 0 Å². The molecule has 2 atom stereocenters. The van der Waals surface area contributed by atoms with E-state index in [0.29, 0.717) is 6.61 Å². The molecule has 0 aromatic heterocycles. The Bertz CT molecular complexity index is 1110. The summed E-state index contributed by atoms with van der Waals surface area (Å²) in [6.07, 6.45) is 2.45. The molecular formula is C33H40N2O3. The second-order valence-corrected chi connectivity index (χ2v) is 11.7. The fraction of sp³-hybridized carbons (Fsp3) is 0.424. The zero-order chi connectivity index (χ0) is 26.8. The molecule has 2 saturated heterocycles. The Kier molecular flexibility index (Phi) is 7.34. The SMILES string of the molecule is COCCC12CCC(CN(C(c3ccccc3)(c3ccccc3)c3ccccc3)C1)N2C(=O)OC(C)(C)C. The van der Waals surface area contributed by atoms with Crippen molar-refractivity contribution in [3.8, 4) is 0 Å². The lowest BCUT2D eigenvalue weighted by Gasteiger charge is -2.55. The average molecular weight is 513 g/mol. The van der Waals surface area contributed by atoms with Gasteiger partial charge in [0.05, 0.1) is 11.1 Å². The Morgan fingerprint density at radius 3 is 1.82 bits per heavy atom. The van der Waals surface area contributed by atoms with Crippen LogP contribution in [0.3, 0.4) is 0 Å². The number of piperazine rings is 1. The van der Waals surface area contributed by atoms with E-state index in [-0.39, 0.29) is 17.7 Å². The second-order valence-electron chi connectivity index (χ2n) is 11.7. The minimum absolute atomic E-state index is 0.0611. The van der Waals surface area contributed by atoms with Crippen molar-refractivity contribution >= 4 is 6.09 Å². The highest BCUT2D eigenvalue weighted by Crippen LogP contribution is 2.50. The number of ether oxygens (including phenoxy) is 2. The van der Waals surface area contributed by atoms with Crippen molar-refractivity contribution < 1.29 is 14.3 Å². The van der Waals surface area contributed by atoms with Crippen molar-refractivity contribution in [3.63, 3.8) is 0 Å². The molecule has 2 aliphatic heterocycles. The molecule has 5 nitrogen and oxygen atoms in total. The van der Waals surface area contributed by atoms with Crippen molar-refractivity contribution in [2.75, 3.05) is 26.8 Å². The van der Waals surface area contributed by atoms with Crippen LogP contribution < -0.4 is 0 Å². The smallest absolute Gasteiger partial charge is 0.411 e. The van der Waals surface area contributed by atoms with E-state index in [0.717, 1.165) is 32.4 Å². The van der Waals surface area contributed by atoms with Crippen molar-refractivity contribution in [3.05, 3.63) is 108 Å². The van der Waals surface area contributed by atoms with Gasteiger partial charge in [0.15, 0.2) is 0 Å². The first kappa shape index (κ1) is 26.5. The van der Waals surface area contributed by atoms with Gasteiger partial charge in [0.25, 0.3) is 0 Å². The molecule has 2 heterocycles. The lowest BCUT2D eigenvalue weighted by atomic mass is 9.74. The number of hydrogen-bond donors (Lipinski definition) is 0. The van der Waals surface area contributed by atoms with Gasteiger partial charge < -0.3 is 9.47 Å². The Morgan fingerprint density at radius 1 is 0.868 bits per heavy atom. The van der Waals surface area contributed by atoms with Crippen molar-refractivity contribution in [2.45, 2.75) is 62.8 Å². The van der Waals surface area contributed by atoms with E-state index in [9.17, 15) is 4.79 Å². The summed E-state index contributed by atoms with van der Waals surface area (Å²) in [4.78, 5) is 18.3. The molecule has 2 aliphatic rings. The summed E-state index contributed by atoms with van der Waals surface area (Å²) in [5.41, 5.74) is 2.26. The molecule has 2 bridgehead atoms. The molecular weight excluding hydrogens is 472 g/mol. The van der Waals surface area contributed by atoms with Crippen LogP contribution in [0.4, 0.5) is 4.79 Å². The normalized spacial score (nSPS) is 21.9. The summed E-state index contributed by atoms with van der Waals surface area (Å²) >= 11 is 0. The average Bonchev–Trinajstić information content (AvgIpc) is 3.16. The number of carbonyl (C=O) groups excluding carboxylic acids is 1. The number of rotatable bonds is 7. The predicted octanol–water partition coefficient (Wildman–Crippen LogP) is 6.47. The molecule has 0 spiro atoms. The molecule has 200 valence electrons. The Hall–Kier alpha value is -3.15. The first-order valence-corrected chi connectivity index (χ1v) is 13.7. The third kappa shape index (κ3) is 4.74. The van der Waals surface area contributed by atoms with Crippen LogP contribution in [0.1, 0.15) is 56.7 Å². The van der Waals surface area contributed by atoms with Gasteiger partial charge in [-0.15, -0.1) is 0 Å². The molecule has 0 radical (unpaired) electrons. The number of amides is 1. The number of carbonyl (C=O) groups is 1. The zero-order valence-corrected chi connectivity index (χ0v) is 23.1. The third-order valence-electron chi connectivity index (χ3n) is 8.15. The van der Waals surface area contributed by atoms with E-state index in [1.807, 2.05) is 20.8 Å². The van der Waals surface area contributed by atoms with Gasteiger partial charge in [0.1, 0.15) is 5.60 Å². The highest BCUT2D eigenvalue weighted by molar-refractivity contribution is 5.71. The second kappa shape index (κ2) is 10.5. The standard InChI is InChI=1S/C33H40N2O3/c1-31(2,3)38-30(36)35-29-20-21-32(35,22-23-37-4)25-34(24-29)33(26-14-8-5-9-15-26,27-16-10-6-11-17-27)28-18-12-7-13-19-28/h5-19,29H,20-25H2,1-4H3. The van der Waals surface area contributed by atoms with E-state index in [4.69, 9.17) is 9.47 Å². The van der Waals surface area contributed by atoms with Crippen LogP contribution in [0.15, 0.2) is 91.0 Å². The van der Waals surface area contributed by atoms with Gasteiger partial charge in [-0.1, -0.05) is 91.0 Å². The van der Waals surface area contributed by atoms with E-state index in [1.54, 1.807) is 7.11 Å². The minimum Gasteiger partial charge on any atom is -0.444 e. The molecule has 38 heavy (non-hydrogen) atoms. The maximum atomic E-state index is 13.7. The summed E-state index contributed by atoms with van der Waals surface area (Å²) in [7, 11) is 1.74. The number of fused-ring (bicyclic) bond motifs is 2. The summed E-state index contributed by atoms with van der Waals surface area (Å²) < 4.78 is 11.6. The monoisotopic (exact) mass is 512 g/mol. The van der Waals surface area contributed by atoms with Crippen LogP contribution in [0.5, 0.6) is 0 Å². The van der Waals surface area contributed by atoms with Crippen LogP contribution >= 0.6 is 0 Å². The van der Waals surface area contributed by atoms with Gasteiger partial charge in [-0.2, -0.15) is 0 Å². The summed E-state index contributed by atoms with van der Waals surface area (Å²) in [5.74, 6) is 0. The van der Waals surface area contributed by atoms with Gasteiger partial charge >= 0.3 is 6.09 Å². The van der Waals surface area contributed by atoms with Crippen LogP contribution in [0.2, 0.25) is 0 Å². The summed E-state index contributed by atoms with van der Waals surface area (Å²) in [5, 5.41) is 0. The maximum absolute atomic E-state index is 13.7. The van der Waals surface area contributed by atoms with Gasteiger partial charge in [-0.25, -0.2) is 4.79 Å². The molecule has 1 amide bonds. The maximum Gasteiger partial charge on any atom is 0.411 e. The summed E-state index contributed by atoms with van der Waals surface area (Å²) in [6.45, 7) is 7.90. The highest BCUT2D eigenvalue weighted by atomic mass is 16.6. The molecule has 3 aromatic carbocycles. The first-order valence-electron chi connectivity index (χ1n) is 13.7. The van der Waals surface area contributed by atoms with Crippen LogP contribution in [0, 0.1) is 0 Å². The summed E-state index contributed by atoms with van der Waals surface area (Å²) in [6, 6.07) is 32.5. The van der Waals surface area contributed by atoms with Gasteiger partial charge in [0, 0.05) is 32.8 Å². The quantitative estimate of drug-likeness (QED) is 0.340. The Balaban J connectivity index is 1.68. The number of hydrogen-bond acceptors (Lipinski definition) is 4. The molecule has 2 unspecified atom stereocenters. The van der Waals surface area contributed by atoms with Gasteiger partial charge in [-0.3, -0.25) is 9.80 Å². The van der Waals surface area contributed by atoms with Crippen molar-refractivity contribution in [1.29, 1.82) is 0 Å². The Labute approximate surface area is 227 Å². The van der Waals surface area contributed by atoms with Crippen LogP contribution in [-0.2, 0) is 15.0 Å². The molecule has 5 heteroatoms. The highest BCUT2D eigenvalue weighted by Gasteiger charge is 2.58. The number of methoxy groups -OCH3 is 1. The van der Waals surface area contributed by atoms with Crippen molar-refractivity contribution in [1.82, 2.24) is 9.80 Å². The third-order valence-corrected chi connectivity index (χ3v) is 8.15. The van der Waals surface area contributed by atoms with Crippen LogP contribution in [0.25, 0.3) is 0 Å². The van der Waals surface area contributed by atoms with Crippen molar-refractivity contribution in [2.24, 2.45) is 0 Å². The fourth-order valence-corrected chi connectivity index (χ4v) is 6.69. The first-order chi connectivity index (χ1) is 18.3. The topological polar surface area (TPSA) is 42.0 Å². The van der Waals surface area contributed by atoms with Gasteiger partial charge in [0.2, 0.25) is 0 Å². The number of benzene rings is 3. The number of nitrogens with zero attached hydrogens (tertiary/aromatic N) is 2. The number of likely N-dealkylation sites (tertiary alicyclic amines) is 1. The van der Waals surface area contributed by atoms with Crippen LogP contribution in [-0.4, -0.2) is 59.9 Å². The molecule has 0 saturated carbocycles. The fourth-order valence-electron chi connectivity index (χ4n) is 6.69. The zero-order valence-electron chi connectivity index (χ0n) is 23.1. The lowest BCUT2D eigenvalue weighted by molar-refractivity contribution is -0.0567. The van der Waals surface area contributed by atoms with E-state index in [2.05, 4.69) is 101 Å². The minimum atomic E-state index is -0.544. The predicted molar refractivity (Wildman–Crippen MR) is 151 cm³/mol. The largest absolute Gasteiger partial charge is 0.444 e. The molecule has 2 fully saturated rings. The lowest BCUT2D eigenvalue weighted by Crippen LogP contribution is -2.68. The van der Waals surface area contributed by atoms with E-state index < -0.39 is 11.1 Å². The molecule has 5 rings (SSSR count). The Morgan fingerprint density at radius 2 is 1.37 bits per heavy atom. The molecule has 3 aromatic rings. The van der Waals surface area contributed by atoms with E-state index in [1.165, 1.54) is 16.7 Å². The molecule has 0 N–H and O–H groups in total. The molecule has 0 aliphatic carbocycles. The van der Waals surface area contributed by atoms with Gasteiger partial charge in [-0.05, 0) is 56.7 Å².